The van der Waals surface area contributed by atoms with E-state index in [-0.39, 0.29) is 17.4 Å². The molecule has 174 valence electrons. The lowest BCUT2D eigenvalue weighted by atomic mass is 9.96. The molecule has 0 radical (unpaired) electrons. The van der Waals surface area contributed by atoms with Gasteiger partial charge in [0.1, 0.15) is 5.54 Å². The first-order valence-electron chi connectivity index (χ1n) is 11.9. The molecule has 0 atom stereocenters. The van der Waals surface area contributed by atoms with Crippen molar-refractivity contribution in [2.24, 2.45) is 0 Å². The van der Waals surface area contributed by atoms with Crippen LogP contribution in [0.2, 0.25) is 5.02 Å². The third kappa shape index (κ3) is 4.62. The molecular formula is C26H31ClN4O2. The molecule has 2 aliphatic carbocycles. The van der Waals surface area contributed by atoms with Gasteiger partial charge in [-0.1, -0.05) is 36.9 Å². The lowest BCUT2D eigenvalue weighted by Gasteiger charge is -2.47. The van der Waals surface area contributed by atoms with Gasteiger partial charge in [0.2, 0.25) is 5.91 Å². The molecule has 0 unspecified atom stereocenters. The number of likely N-dealkylation sites (tertiary alicyclic amines) is 1. The second-order valence-corrected chi connectivity index (χ2v) is 10.5. The van der Waals surface area contributed by atoms with Crippen molar-refractivity contribution in [3.05, 3.63) is 47.0 Å². The SMILES string of the molecule is C=CC(=O)N1CC(N2CCN(C(=O)NC3(C#Cc4ccc(Cl)c(C5(C)CC5)c4)CC3)CC2)C1. The van der Waals surface area contributed by atoms with Gasteiger partial charge in [-0.3, -0.25) is 9.69 Å². The largest absolute Gasteiger partial charge is 0.336 e. The topological polar surface area (TPSA) is 55.9 Å². The van der Waals surface area contributed by atoms with Crippen LogP contribution in [-0.4, -0.2) is 77.5 Å². The van der Waals surface area contributed by atoms with Gasteiger partial charge in [0.25, 0.3) is 0 Å². The van der Waals surface area contributed by atoms with E-state index in [1.54, 1.807) is 4.90 Å². The van der Waals surface area contributed by atoms with Crippen molar-refractivity contribution >= 4 is 23.5 Å². The standard InChI is InChI=1S/C26H31ClN4O2/c1-3-23(32)31-17-20(18-31)29-12-14-30(15-13-29)24(33)28-26(10-11-26)7-6-19-4-5-22(27)21(16-19)25(2)8-9-25/h3-5,16,20H,1,8-15,17-18H2,2H3,(H,28,33). The number of nitrogens with zero attached hydrogens (tertiary/aromatic N) is 3. The van der Waals surface area contributed by atoms with Gasteiger partial charge in [-0.05, 0) is 60.9 Å². The maximum absolute atomic E-state index is 12.9. The number of benzene rings is 1. The van der Waals surface area contributed by atoms with Gasteiger partial charge in [0.15, 0.2) is 0 Å². The predicted molar refractivity (Wildman–Crippen MR) is 129 cm³/mol. The van der Waals surface area contributed by atoms with Gasteiger partial charge in [0.05, 0.1) is 0 Å². The number of amides is 3. The van der Waals surface area contributed by atoms with E-state index >= 15 is 0 Å². The number of hydrogen-bond donors (Lipinski definition) is 1. The zero-order valence-corrected chi connectivity index (χ0v) is 20.0. The van der Waals surface area contributed by atoms with E-state index in [0.29, 0.717) is 19.1 Å². The van der Waals surface area contributed by atoms with Crippen LogP contribution in [0.1, 0.15) is 43.7 Å². The van der Waals surface area contributed by atoms with Crippen LogP contribution < -0.4 is 5.32 Å². The molecule has 4 aliphatic rings. The molecule has 2 saturated heterocycles. The Morgan fingerprint density at radius 3 is 2.42 bits per heavy atom. The number of hydrogen-bond acceptors (Lipinski definition) is 3. The Morgan fingerprint density at radius 2 is 1.82 bits per heavy atom. The lowest BCUT2D eigenvalue weighted by molar-refractivity contribution is -0.133. The molecular weight excluding hydrogens is 436 g/mol. The number of piperazine rings is 1. The van der Waals surface area contributed by atoms with Crippen molar-refractivity contribution in [3.63, 3.8) is 0 Å². The quantitative estimate of drug-likeness (QED) is 0.548. The third-order valence-corrected chi connectivity index (χ3v) is 7.95. The van der Waals surface area contributed by atoms with Crippen LogP contribution >= 0.6 is 11.6 Å². The van der Waals surface area contributed by atoms with E-state index in [4.69, 9.17) is 11.6 Å². The average Bonchev–Trinajstić information content (AvgIpc) is 3.71. The number of nitrogens with one attached hydrogen (secondary N) is 1. The van der Waals surface area contributed by atoms with Crippen molar-refractivity contribution in [1.29, 1.82) is 0 Å². The van der Waals surface area contributed by atoms with E-state index in [2.05, 4.69) is 41.6 Å². The maximum Gasteiger partial charge on any atom is 0.318 e. The summed E-state index contributed by atoms with van der Waals surface area (Å²) in [4.78, 5) is 30.6. The second kappa shape index (κ2) is 8.38. The van der Waals surface area contributed by atoms with E-state index in [9.17, 15) is 9.59 Å². The molecule has 4 fully saturated rings. The Morgan fingerprint density at radius 1 is 1.12 bits per heavy atom. The smallest absolute Gasteiger partial charge is 0.318 e. The predicted octanol–water partition coefficient (Wildman–Crippen LogP) is 3.00. The minimum Gasteiger partial charge on any atom is -0.336 e. The summed E-state index contributed by atoms with van der Waals surface area (Å²) in [6, 6.07) is 6.38. The minimum absolute atomic E-state index is 0.00309. The van der Waals surface area contributed by atoms with Crippen LogP contribution in [0.4, 0.5) is 4.79 Å². The first-order valence-corrected chi connectivity index (χ1v) is 12.2. The normalized spacial score (nSPS) is 23.1. The number of halogens is 1. The number of rotatable bonds is 4. The fraction of sp³-hybridized carbons (Fsp3) is 0.538. The van der Waals surface area contributed by atoms with Crippen LogP contribution in [0, 0.1) is 11.8 Å². The minimum atomic E-state index is -0.406. The molecule has 6 nitrogen and oxygen atoms in total. The highest BCUT2D eigenvalue weighted by Crippen LogP contribution is 2.50. The summed E-state index contributed by atoms with van der Waals surface area (Å²) >= 11 is 6.41. The van der Waals surface area contributed by atoms with Crippen LogP contribution in [0.3, 0.4) is 0 Å². The molecule has 5 rings (SSSR count). The highest BCUT2D eigenvalue weighted by Gasteiger charge is 2.44. The zero-order valence-electron chi connectivity index (χ0n) is 19.2. The van der Waals surface area contributed by atoms with Crippen LogP contribution in [0.15, 0.2) is 30.9 Å². The second-order valence-electron chi connectivity index (χ2n) is 10.1. The molecule has 7 heteroatoms. The van der Waals surface area contributed by atoms with Crippen LogP contribution in [0.5, 0.6) is 0 Å². The van der Waals surface area contributed by atoms with Crippen molar-refractivity contribution in [3.8, 4) is 11.8 Å². The molecule has 0 aromatic heterocycles. The van der Waals surface area contributed by atoms with Gasteiger partial charge in [0, 0.05) is 55.9 Å². The molecule has 1 N–H and O–H groups in total. The molecule has 1 aromatic carbocycles. The van der Waals surface area contributed by atoms with Crippen molar-refractivity contribution in [1.82, 2.24) is 20.0 Å². The van der Waals surface area contributed by atoms with Crippen LogP contribution in [-0.2, 0) is 10.2 Å². The molecule has 2 aliphatic heterocycles. The Kier molecular flexibility index (Phi) is 5.66. The van der Waals surface area contributed by atoms with Gasteiger partial charge in [-0.25, -0.2) is 4.79 Å². The molecule has 3 amide bonds. The van der Waals surface area contributed by atoms with E-state index < -0.39 is 5.54 Å². The summed E-state index contributed by atoms with van der Waals surface area (Å²) in [6.07, 6.45) is 5.48. The maximum atomic E-state index is 12.9. The summed E-state index contributed by atoms with van der Waals surface area (Å²) in [5.41, 5.74) is 1.94. The van der Waals surface area contributed by atoms with Gasteiger partial charge >= 0.3 is 6.03 Å². The summed E-state index contributed by atoms with van der Waals surface area (Å²) in [5.74, 6) is 6.62. The van der Waals surface area contributed by atoms with E-state index in [1.165, 1.54) is 24.5 Å². The average molecular weight is 467 g/mol. The first-order chi connectivity index (χ1) is 15.8. The van der Waals surface area contributed by atoms with E-state index in [0.717, 1.165) is 49.6 Å². The zero-order chi connectivity index (χ0) is 23.2. The number of carbonyl (C=O) groups excluding carboxylic acids is 2. The van der Waals surface area contributed by atoms with Crippen molar-refractivity contribution < 1.29 is 9.59 Å². The van der Waals surface area contributed by atoms with Crippen molar-refractivity contribution in [2.75, 3.05) is 39.3 Å². The monoisotopic (exact) mass is 466 g/mol. The molecule has 2 heterocycles. The molecule has 1 aromatic rings. The summed E-state index contributed by atoms with van der Waals surface area (Å²) in [5, 5.41) is 4.00. The first kappa shape index (κ1) is 22.3. The lowest BCUT2D eigenvalue weighted by Crippen LogP contribution is -2.64. The summed E-state index contributed by atoms with van der Waals surface area (Å²) in [6.45, 7) is 10.3. The molecule has 0 spiro atoms. The highest BCUT2D eigenvalue weighted by molar-refractivity contribution is 6.31. The number of urea groups is 1. The highest BCUT2D eigenvalue weighted by atomic mass is 35.5. The Hall–Kier alpha value is -2.49. The Labute approximate surface area is 200 Å². The molecule has 2 saturated carbocycles. The Balaban J connectivity index is 1.13. The molecule has 33 heavy (non-hydrogen) atoms. The van der Waals surface area contributed by atoms with Crippen molar-refractivity contribution in [2.45, 2.75) is 49.6 Å². The summed E-state index contributed by atoms with van der Waals surface area (Å²) < 4.78 is 0. The van der Waals surface area contributed by atoms with Gasteiger partial charge in [-0.2, -0.15) is 0 Å². The molecule has 0 bridgehead atoms. The van der Waals surface area contributed by atoms with Crippen LogP contribution in [0.25, 0.3) is 0 Å². The third-order valence-electron chi connectivity index (χ3n) is 7.63. The Bertz CT molecular complexity index is 1040. The van der Waals surface area contributed by atoms with Gasteiger partial charge in [-0.15, -0.1) is 0 Å². The fourth-order valence-electron chi connectivity index (χ4n) is 4.69. The van der Waals surface area contributed by atoms with Gasteiger partial charge < -0.3 is 15.1 Å². The fourth-order valence-corrected chi connectivity index (χ4v) is 5.04. The summed E-state index contributed by atoms with van der Waals surface area (Å²) in [7, 11) is 0. The number of carbonyl (C=O) groups is 2. The van der Waals surface area contributed by atoms with E-state index in [1.807, 2.05) is 17.0 Å².